The maximum absolute atomic E-state index is 4.90. The molecule has 0 bridgehead atoms. The lowest BCUT2D eigenvalue weighted by Gasteiger charge is -2.07. The Kier molecular flexibility index (Phi) is 1.88. The van der Waals surface area contributed by atoms with E-state index in [0.717, 1.165) is 5.82 Å². The zero-order chi connectivity index (χ0) is 11.9. The Morgan fingerprint density at radius 3 is 2.00 bits per heavy atom. The van der Waals surface area contributed by atoms with Gasteiger partial charge < -0.3 is 4.52 Å². The van der Waals surface area contributed by atoms with Crippen LogP contribution in [0, 0.1) is 0 Å². The molecule has 0 aliphatic heterocycles. The van der Waals surface area contributed by atoms with Gasteiger partial charge in [-0.05, 0) is 22.3 Å². The lowest BCUT2D eigenvalue weighted by molar-refractivity contribution is 0.409. The van der Waals surface area contributed by atoms with E-state index in [2.05, 4.69) is 58.7 Å². The second-order valence-corrected chi connectivity index (χ2v) is 4.40. The van der Waals surface area contributed by atoms with Crippen LogP contribution in [-0.4, -0.2) is 10.1 Å². The van der Waals surface area contributed by atoms with Crippen molar-refractivity contribution in [3.63, 3.8) is 0 Å². The van der Waals surface area contributed by atoms with E-state index in [1.165, 1.54) is 28.6 Å². The molecular weight excluding hydrogens is 224 g/mol. The summed E-state index contributed by atoms with van der Waals surface area (Å²) in [5.41, 5.74) is 5.03. The molecule has 3 aromatic rings. The SMILES string of the molecule is c1ccc2c(c1)-c1ccccc1C2c1ncon1. The summed E-state index contributed by atoms with van der Waals surface area (Å²) in [6.07, 6.45) is 1.39. The summed E-state index contributed by atoms with van der Waals surface area (Å²) in [5, 5.41) is 4.01. The molecule has 0 N–H and O–H groups in total. The summed E-state index contributed by atoms with van der Waals surface area (Å²) >= 11 is 0. The monoisotopic (exact) mass is 234 g/mol. The van der Waals surface area contributed by atoms with Gasteiger partial charge in [0.1, 0.15) is 0 Å². The normalized spacial score (nSPS) is 13.3. The van der Waals surface area contributed by atoms with Crippen LogP contribution >= 0.6 is 0 Å². The van der Waals surface area contributed by atoms with Crippen molar-refractivity contribution in [2.45, 2.75) is 5.92 Å². The van der Waals surface area contributed by atoms with Crippen molar-refractivity contribution >= 4 is 0 Å². The molecule has 0 unspecified atom stereocenters. The molecule has 4 rings (SSSR count). The molecule has 1 aliphatic carbocycles. The minimum atomic E-state index is 0.0937. The van der Waals surface area contributed by atoms with E-state index >= 15 is 0 Å². The first-order valence-electron chi connectivity index (χ1n) is 5.89. The first-order chi connectivity index (χ1) is 8.95. The summed E-state index contributed by atoms with van der Waals surface area (Å²) in [4.78, 5) is 4.22. The van der Waals surface area contributed by atoms with Crippen LogP contribution in [0.4, 0.5) is 0 Å². The third-order valence-corrected chi connectivity index (χ3v) is 3.47. The highest BCUT2D eigenvalue weighted by atomic mass is 16.5. The van der Waals surface area contributed by atoms with Gasteiger partial charge in [0.25, 0.3) is 0 Å². The maximum Gasteiger partial charge on any atom is 0.213 e. The second-order valence-electron chi connectivity index (χ2n) is 4.40. The van der Waals surface area contributed by atoms with E-state index in [1.54, 1.807) is 0 Å². The molecule has 0 atom stereocenters. The molecule has 2 aromatic carbocycles. The molecule has 0 spiro atoms. The van der Waals surface area contributed by atoms with Gasteiger partial charge in [0, 0.05) is 0 Å². The summed E-state index contributed by atoms with van der Waals surface area (Å²) < 4.78 is 4.90. The molecule has 0 saturated heterocycles. The molecular formula is C15H10N2O. The molecule has 3 heteroatoms. The van der Waals surface area contributed by atoms with Gasteiger partial charge in [0.05, 0.1) is 5.92 Å². The van der Waals surface area contributed by atoms with E-state index in [9.17, 15) is 0 Å². The van der Waals surface area contributed by atoms with Gasteiger partial charge in [0.2, 0.25) is 6.39 Å². The standard InChI is InChI=1S/C15H10N2O/c1-3-7-12-10(5-1)11-6-2-4-8-13(11)14(12)15-16-9-18-17-15/h1-9,14H. The van der Waals surface area contributed by atoms with Crippen LogP contribution in [0.15, 0.2) is 59.4 Å². The lowest BCUT2D eigenvalue weighted by Crippen LogP contribution is -2.00. The quantitative estimate of drug-likeness (QED) is 0.507. The second kappa shape index (κ2) is 3.53. The molecule has 18 heavy (non-hydrogen) atoms. The Labute approximate surface area is 104 Å². The maximum atomic E-state index is 4.90. The van der Waals surface area contributed by atoms with Gasteiger partial charge in [-0.3, -0.25) is 0 Å². The fraction of sp³-hybridized carbons (Fsp3) is 0.0667. The van der Waals surface area contributed by atoms with Crippen LogP contribution < -0.4 is 0 Å². The van der Waals surface area contributed by atoms with Crippen molar-refractivity contribution in [3.8, 4) is 11.1 Å². The van der Waals surface area contributed by atoms with Gasteiger partial charge in [-0.2, -0.15) is 4.98 Å². The highest BCUT2D eigenvalue weighted by Gasteiger charge is 2.31. The number of nitrogens with zero attached hydrogens (tertiary/aromatic N) is 2. The highest BCUT2D eigenvalue weighted by molar-refractivity contribution is 5.79. The van der Waals surface area contributed by atoms with Crippen molar-refractivity contribution in [3.05, 3.63) is 71.9 Å². The van der Waals surface area contributed by atoms with Crippen LogP contribution in [0.1, 0.15) is 22.9 Å². The number of fused-ring (bicyclic) bond motifs is 3. The summed E-state index contributed by atoms with van der Waals surface area (Å²) in [6, 6.07) is 16.8. The van der Waals surface area contributed by atoms with Crippen molar-refractivity contribution in [1.29, 1.82) is 0 Å². The third kappa shape index (κ3) is 1.19. The smallest absolute Gasteiger partial charge is 0.213 e. The summed E-state index contributed by atoms with van der Waals surface area (Å²) in [6.45, 7) is 0. The fourth-order valence-corrected chi connectivity index (χ4v) is 2.74. The Hall–Kier alpha value is -2.42. The van der Waals surface area contributed by atoms with Crippen LogP contribution in [0.2, 0.25) is 0 Å². The molecule has 86 valence electrons. The topological polar surface area (TPSA) is 38.9 Å². The molecule has 0 amide bonds. The summed E-state index contributed by atoms with van der Waals surface area (Å²) in [5.74, 6) is 0.823. The number of rotatable bonds is 1. The average molecular weight is 234 g/mol. The molecule has 1 aromatic heterocycles. The van der Waals surface area contributed by atoms with E-state index in [-0.39, 0.29) is 5.92 Å². The fourth-order valence-electron chi connectivity index (χ4n) is 2.74. The zero-order valence-corrected chi connectivity index (χ0v) is 9.58. The van der Waals surface area contributed by atoms with Gasteiger partial charge in [-0.15, -0.1) is 0 Å². The Bertz CT molecular complexity index is 659. The number of benzene rings is 2. The van der Waals surface area contributed by atoms with E-state index in [1.807, 2.05) is 0 Å². The Balaban J connectivity index is 2.04. The van der Waals surface area contributed by atoms with Gasteiger partial charge >= 0.3 is 0 Å². The predicted octanol–water partition coefficient (Wildman–Crippen LogP) is 3.23. The first kappa shape index (κ1) is 9.59. The highest BCUT2D eigenvalue weighted by Crippen LogP contribution is 2.46. The van der Waals surface area contributed by atoms with Gasteiger partial charge in [-0.1, -0.05) is 53.7 Å². The number of hydrogen-bond acceptors (Lipinski definition) is 3. The molecule has 0 fully saturated rings. The van der Waals surface area contributed by atoms with Crippen LogP contribution in [0.3, 0.4) is 0 Å². The van der Waals surface area contributed by atoms with E-state index in [0.29, 0.717) is 0 Å². The van der Waals surface area contributed by atoms with E-state index < -0.39 is 0 Å². The minimum absolute atomic E-state index is 0.0937. The molecule has 1 heterocycles. The van der Waals surface area contributed by atoms with Crippen molar-refractivity contribution in [2.75, 3.05) is 0 Å². The average Bonchev–Trinajstić information content (AvgIpc) is 3.03. The van der Waals surface area contributed by atoms with Crippen LogP contribution in [0.25, 0.3) is 11.1 Å². The lowest BCUT2D eigenvalue weighted by atomic mass is 9.96. The van der Waals surface area contributed by atoms with Gasteiger partial charge in [-0.25, -0.2) is 0 Å². The Morgan fingerprint density at radius 1 is 0.833 bits per heavy atom. The Morgan fingerprint density at radius 2 is 1.44 bits per heavy atom. The number of hydrogen-bond donors (Lipinski definition) is 0. The largest absolute Gasteiger partial charge is 0.343 e. The molecule has 0 saturated carbocycles. The van der Waals surface area contributed by atoms with Crippen LogP contribution in [-0.2, 0) is 0 Å². The first-order valence-corrected chi connectivity index (χ1v) is 5.89. The van der Waals surface area contributed by atoms with E-state index in [4.69, 9.17) is 4.52 Å². The predicted molar refractivity (Wildman–Crippen MR) is 67.1 cm³/mol. The van der Waals surface area contributed by atoms with Crippen molar-refractivity contribution < 1.29 is 4.52 Å². The molecule has 1 aliphatic rings. The number of aromatic nitrogens is 2. The van der Waals surface area contributed by atoms with Crippen molar-refractivity contribution in [2.24, 2.45) is 0 Å². The zero-order valence-electron chi connectivity index (χ0n) is 9.58. The third-order valence-electron chi connectivity index (χ3n) is 3.47. The minimum Gasteiger partial charge on any atom is -0.343 e. The van der Waals surface area contributed by atoms with Gasteiger partial charge in [0.15, 0.2) is 5.82 Å². The summed E-state index contributed by atoms with van der Waals surface area (Å²) in [7, 11) is 0. The molecule has 0 radical (unpaired) electrons. The van der Waals surface area contributed by atoms with Crippen LogP contribution in [0.5, 0.6) is 0 Å². The molecule has 3 nitrogen and oxygen atoms in total. The van der Waals surface area contributed by atoms with Crippen molar-refractivity contribution in [1.82, 2.24) is 10.1 Å².